The molecule has 0 radical (unpaired) electrons. The van der Waals surface area contributed by atoms with Crippen molar-refractivity contribution in [1.82, 2.24) is 10.2 Å². The maximum Gasteiger partial charge on any atom is 0.317 e. The largest absolute Gasteiger partial charge is 0.383 e. The molecule has 4 nitrogen and oxygen atoms in total. The second kappa shape index (κ2) is 4.00. The Morgan fingerprint density at radius 2 is 2.27 bits per heavy atom. The number of carbonyl (C=O) groups is 1. The highest BCUT2D eigenvalue weighted by atomic mass is 16.5. The van der Waals surface area contributed by atoms with E-state index >= 15 is 0 Å². The molecule has 2 amide bonds. The molecule has 1 spiro atoms. The lowest BCUT2D eigenvalue weighted by Gasteiger charge is -2.20. The van der Waals surface area contributed by atoms with Gasteiger partial charge in [-0.3, -0.25) is 0 Å². The van der Waals surface area contributed by atoms with Crippen molar-refractivity contribution < 1.29 is 9.53 Å². The second-order valence-corrected chi connectivity index (χ2v) is 4.98. The van der Waals surface area contributed by atoms with Gasteiger partial charge in [0.1, 0.15) is 0 Å². The van der Waals surface area contributed by atoms with E-state index in [0.29, 0.717) is 12.0 Å². The third-order valence-electron chi connectivity index (χ3n) is 3.47. The summed E-state index contributed by atoms with van der Waals surface area (Å²) in [5.41, 5.74) is 0.516. The molecule has 1 atom stereocenters. The van der Waals surface area contributed by atoms with Crippen molar-refractivity contribution in [3.8, 4) is 0 Å². The number of nitrogens with zero attached hydrogens (tertiary/aromatic N) is 1. The number of carbonyl (C=O) groups excluding carboxylic acids is 1. The topological polar surface area (TPSA) is 41.6 Å². The lowest BCUT2D eigenvalue weighted by molar-refractivity contribution is 0.162. The van der Waals surface area contributed by atoms with E-state index in [4.69, 9.17) is 4.74 Å². The minimum absolute atomic E-state index is 0.0725. The Morgan fingerprint density at radius 3 is 2.80 bits per heavy atom. The Hall–Kier alpha value is -0.770. The zero-order valence-corrected chi connectivity index (χ0v) is 9.58. The minimum Gasteiger partial charge on any atom is -0.383 e. The number of methoxy groups -OCH3 is 1. The SMILES string of the molecule is COC[C@H](C)NC(=O)N1CCC2(CC2)C1. The van der Waals surface area contributed by atoms with Crippen LogP contribution in [0, 0.1) is 5.41 Å². The summed E-state index contributed by atoms with van der Waals surface area (Å²) >= 11 is 0. The number of urea groups is 1. The number of amides is 2. The van der Waals surface area contributed by atoms with Gasteiger partial charge in [0.05, 0.1) is 12.6 Å². The fraction of sp³-hybridized carbons (Fsp3) is 0.909. The van der Waals surface area contributed by atoms with Gasteiger partial charge >= 0.3 is 6.03 Å². The highest BCUT2D eigenvalue weighted by molar-refractivity contribution is 5.75. The zero-order chi connectivity index (χ0) is 10.9. The molecule has 15 heavy (non-hydrogen) atoms. The van der Waals surface area contributed by atoms with Gasteiger partial charge in [-0.1, -0.05) is 0 Å². The minimum atomic E-state index is 0.0725. The molecule has 2 rings (SSSR count). The van der Waals surface area contributed by atoms with Gasteiger partial charge in [-0.25, -0.2) is 4.79 Å². The van der Waals surface area contributed by atoms with Gasteiger partial charge in [0.25, 0.3) is 0 Å². The van der Waals surface area contributed by atoms with Gasteiger partial charge in [-0.2, -0.15) is 0 Å². The Labute approximate surface area is 91.0 Å². The summed E-state index contributed by atoms with van der Waals surface area (Å²) in [6, 6.07) is 0.168. The molecular formula is C11H20N2O2. The Bertz CT molecular complexity index is 251. The van der Waals surface area contributed by atoms with Gasteiger partial charge in [0.15, 0.2) is 0 Å². The van der Waals surface area contributed by atoms with Crippen LogP contribution in [-0.2, 0) is 4.74 Å². The Balaban J connectivity index is 1.76. The van der Waals surface area contributed by atoms with E-state index in [-0.39, 0.29) is 12.1 Å². The monoisotopic (exact) mass is 212 g/mol. The van der Waals surface area contributed by atoms with Crippen molar-refractivity contribution in [3.05, 3.63) is 0 Å². The Morgan fingerprint density at radius 1 is 1.53 bits per heavy atom. The first-order valence-electron chi connectivity index (χ1n) is 5.70. The summed E-state index contributed by atoms with van der Waals surface area (Å²) in [5.74, 6) is 0. The smallest absolute Gasteiger partial charge is 0.317 e. The first kappa shape index (κ1) is 10.7. The number of ether oxygens (including phenoxy) is 1. The molecule has 1 aliphatic heterocycles. The molecule has 1 saturated heterocycles. The van der Waals surface area contributed by atoms with E-state index in [9.17, 15) is 4.79 Å². The van der Waals surface area contributed by atoms with E-state index in [0.717, 1.165) is 13.1 Å². The van der Waals surface area contributed by atoms with Crippen LogP contribution in [0.1, 0.15) is 26.2 Å². The maximum atomic E-state index is 11.8. The lowest BCUT2D eigenvalue weighted by atomic mass is 10.1. The molecule has 4 heteroatoms. The fourth-order valence-corrected chi connectivity index (χ4v) is 2.29. The molecule has 1 heterocycles. The average molecular weight is 212 g/mol. The summed E-state index contributed by atoms with van der Waals surface area (Å²) in [7, 11) is 1.65. The highest BCUT2D eigenvalue weighted by Gasteiger charge is 2.48. The quantitative estimate of drug-likeness (QED) is 0.764. The fourth-order valence-electron chi connectivity index (χ4n) is 2.29. The van der Waals surface area contributed by atoms with Gasteiger partial charge in [0, 0.05) is 20.2 Å². The van der Waals surface area contributed by atoms with Crippen molar-refractivity contribution in [2.24, 2.45) is 5.41 Å². The summed E-state index contributed by atoms with van der Waals surface area (Å²) in [5, 5.41) is 2.95. The molecule has 0 aromatic heterocycles. The number of hydrogen-bond acceptors (Lipinski definition) is 2. The van der Waals surface area contributed by atoms with Crippen LogP contribution in [0.5, 0.6) is 0 Å². The van der Waals surface area contributed by atoms with Gasteiger partial charge < -0.3 is 15.0 Å². The highest BCUT2D eigenvalue weighted by Crippen LogP contribution is 2.52. The van der Waals surface area contributed by atoms with Crippen LogP contribution in [0.3, 0.4) is 0 Å². The zero-order valence-electron chi connectivity index (χ0n) is 9.58. The molecule has 1 N–H and O–H groups in total. The van der Waals surface area contributed by atoms with E-state index < -0.39 is 0 Å². The van der Waals surface area contributed by atoms with Crippen molar-refractivity contribution in [2.75, 3.05) is 26.8 Å². The van der Waals surface area contributed by atoms with Crippen LogP contribution in [-0.4, -0.2) is 43.8 Å². The van der Waals surface area contributed by atoms with Crippen LogP contribution in [0.4, 0.5) is 4.79 Å². The van der Waals surface area contributed by atoms with Gasteiger partial charge in [-0.05, 0) is 31.6 Å². The van der Waals surface area contributed by atoms with Crippen LogP contribution < -0.4 is 5.32 Å². The van der Waals surface area contributed by atoms with Crippen LogP contribution in [0.15, 0.2) is 0 Å². The van der Waals surface area contributed by atoms with Gasteiger partial charge in [-0.15, -0.1) is 0 Å². The predicted octanol–water partition coefficient (Wildman–Crippen LogP) is 1.22. The van der Waals surface area contributed by atoms with E-state index in [1.165, 1.54) is 19.3 Å². The molecule has 1 saturated carbocycles. The van der Waals surface area contributed by atoms with E-state index in [1.807, 2.05) is 11.8 Å². The van der Waals surface area contributed by atoms with Crippen LogP contribution >= 0.6 is 0 Å². The maximum absolute atomic E-state index is 11.8. The number of hydrogen-bond donors (Lipinski definition) is 1. The molecule has 1 aliphatic carbocycles. The number of nitrogens with one attached hydrogen (secondary N) is 1. The van der Waals surface area contributed by atoms with Crippen LogP contribution in [0.25, 0.3) is 0 Å². The lowest BCUT2D eigenvalue weighted by Crippen LogP contribution is -2.44. The molecule has 0 unspecified atom stereocenters. The summed E-state index contributed by atoms with van der Waals surface area (Å²) < 4.78 is 4.99. The first-order valence-corrected chi connectivity index (χ1v) is 5.70. The summed E-state index contributed by atoms with van der Waals surface area (Å²) in [4.78, 5) is 13.7. The average Bonchev–Trinajstić information content (AvgIpc) is 2.76. The molecule has 2 aliphatic rings. The van der Waals surface area contributed by atoms with Crippen molar-refractivity contribution in [2.45, 2.75) is 32.2 Å². The normalized spacial score (nSPS) is 24.3. The standard InChI is InChI=1S/C11H20N2O2/c1-9(7-15-2)12-10(14)13-6-5-11(8-13)3-4-11/h9H,3-8H2,1-2H3,(H,12,14)/t9-/m0/s1. The first-order chi connectivity index (χ1) is 7.15. The molecule has 0 bridgehead atoms. The molecule has 2 fully saturated rings. The second-order valence-electron chi connectivity index (χ2n) is 4.98. The number of likely N-dealkylation sites (tertiary alicyclic amines) is 1. The van der Waals surface area contributed by atoms with Crippen molar-refractivity contribution in [3.63, 3.8) is 0 Å². The summed E-state index contributed by atoms with van der Waals surface area (Å²) in [6.45, 7) is 4.42. The Kier molecular flexibility index (Phi) is 2.87. The third-order valence-corrected chi connectivity index (χ3v) is 3.47. The van der Waals surface area contributed by atoms with Gasteiger partial charge in [0.2, 0.25) is 0 Å². The van der Waals surface area contributed by atoms with Crippen LogP contribution in [0.2, 0.25) is 0 Å². The third kappa shape index (κ3) is 2.43. The molecule has 86 valence electrons. The molecule has 0 aromatic rings. The predicted molar refractivity (Wildman–Crippen MR) is 57.7 cm³/mol. The number of rotatable bonds is 3. The van der Waals surface area contributed by atoms with E-state index in [2.05, 4.69) is 5.32 Å². The summed E-state index contributed by atoms with van der Waals surface area (Å²) in [6.07, 6.45) is 3.81. The van der Waals surface area contributed by atoms with E-state index in [1.54, 1.807) is 7.11 Å². The molecular weight excluding hydrogens is 192 g/mol. The van der Waals surface area contributed by atoms with Crippen molar-refractivity contribution in [1.29, 1.82) is 0 Å². The van der Waals surface area contributed by atoms with Crippen molar-refractivity contribution >= 4 is 6.03 Å². The molecule has 0 aromatic carbocycles.